The summed E-state index contributed by atoms with van der Waals surface area (Å²) < 4.78 is 5.30. The lowest BCUT2D eigenvalue weighted by molar-refractivity contribution is -0.125. The summed E-state index contributed by atoms with van der Waals surface area (Å²) in [5.41, 5.74) is 4.02. The number of rotatable bonds is 5. The highest BCUT2D eigenvalue weighted by Crippen LogP contribution is 2.32. The van der Waals surface area contributed by atoms with Crippen molar-refractivity contribution in [1.29, 1.82) is 0 Å². The Kier molecular flexibility index (Phi) is 4.77. The van der Waals surface area contributed by atoms with Crippen LogP contribution < -0.4 is 15.0 Å². The Hall–Kier alpha value is -3.28. The van der Waals surface area contributed by atoms with Gasteiger partial charge in [0.25, 0.3) is 0 Å². The van der Waals surface area contributed by atoms with E-state index in [4.69, 9.17) is 4.74 Å². The number of anilines is 1. The lowest BCUT2D eigenvalue weighted by atomic mass is 10.1. The van der Waals surface area contributed by atoms with Crippen molar-refractivity contribution in [2.45, 2.75) is 25.8 Å². The van der Waals surface area contributed by atoms with Crippen molar-refractivity contribution >= 4 is 28.4 Å². The van der Waals surface area contributed by atoms with Gasteiger partial charge in [-0.1, -0.05) is 18.2 Å². The number of para-hydroxylation sites is 1. The van der Waals surface area contributed by atoms with E-state index in [0.717, 1.165) is 33.5 Å². The summed E-state index contributed by atoms with van der Waals surface area (Å²) >= 11 is 0. The number of benzene rings is 2. The number of carbonyl (C=O) groups is 2. The number of nitrogens with zero attached hydrogens (tertiary/aromatic N) is 1. The van der Waals surface area contributed by atoms with Crippen LogP contribution in [0.3, 0.4) is 0 Å². The number of amides is 2. The topological polar surface area (TPSA) is 74.4 Å². The van der Waals surface area contributed by atoms with Gasteiger partial charge in [-0.3, -0.25) is 14.5 Å². The third kappa shape index (κ3) is 3.22. The van der Waals surface area contributed by atoms with Crippen LogP contribution in [0.1, 0.15) is 18.1 Å². The second-order valence-electron chi connectivity index (χ2n) is 7.00. The molecule has 0 unspecified atom stereocenters. The van der Waals surface area contributed by atoms with Gasteiger partial charge in [-0.2, -0.15) is 0 Å². The van der Waals surface area contributed by atoms with E-state index in [1.54, 1.807) is 12.0 Å². The second-order valence-corrected chi connectivity index (χ2v) is 7.00. The fraction of sp³-hybridized carbons (Fsp3) is 0.273. The lowest BCUT2D eigenvalue weighted by Gasteiger charge is -2.23. The molecule has 0 bridgehead atoms. The molecule has 144 valence electrons. The first kappa shape index (κ1) is 18.1. The first-order chi connectivity index (χ1) is 13.6. The minimum atomic E-state index is -0.488. The van der Waals surface area contributed by atoms with Gasteiger partial charge >= 0.3 is 0 Å². The van der Waals surface area contributed by atoms with Gasteiger partial charge in [-0.05, 0) is 41.8 Å². The molecule has 3 aromatic rings. The van der Waals surface area contributed by atoms with E-state index in [0.29, 0.717) is 19.4 Å². The van der Waals surface area contributed by atoms with Gasteiger partial charge in [0, 0.05) is 42.7 Å². The average molecular weight is 377 g/mol. The van der Waals surface area contributed by atoms with Crippen LogP contribution in [0.25, 0.3) is 10.9 Å². The van der Waals surface area contributed by atoms with Crippen LogP contribution in [-0.4, -0.2) is 36.5 Å². The van der Waals surface area contributed by atoms with Gasteiger partial charge in [0.1, 0.15) is 11.8 Å². The van der Waals surface area contributed by atoms with Gasteiger partial charge in [0.05, 0.1) is 7.11 Å². The van der Waals surface area contributed by atoms with Crippen molar-refractivity contribution in [3.63, 3.8) is 0 Å². The largest absolute Gasteiger partial charge is 0.497 e. The maximum atomic E-state index is 12.8. The Morgan fingerprint density at radius 1 is 1.25 bits per heavy atom. The highest BCUT2D eigenvalue weighted by atomic mass is 16.5. The zero-order chi connectivity index (χ0) is 19.7. The third-order valence-corrected chi connectivity index (χ3v) is 5.29. The maximum absolute atomic E-state index is 12.8. The molecule has 0 radical (unpaired) electrons. The summed E-state index contributed by atoms with van der Waals surface area (Å²) in [5.74, 6) is 0.566. The summed E-state index contributed by atoms with van der Waals surface area (Å²) in [7, 11) is 1.65. The van der Waals surface area contributed by atoms with E-state index in [1.807, 2.05) is 48.7 Å². The number of fused-ring (bicyclic) bond motifs is 2. The first-order valence-corrected chi connectivity index (χ1v) is 9.38. The van der Waals surface area contributed by atoms with Gasteiger partial charge in [-0.15, -0.1) is 0 Å². The highest BCUT2D eigenvalue weighted by Gasteiger charge is 2.36. The fourth-order valence-corrected chi connectivity index (χ4v) is 3.91. The normalized spacial score (nSPS) is 15.5. The van der Waals surface area contributed by atoms with Gasteiger partial charge in [0.15, 0.2) is 0 Å². The molecule has 1 aliphatic rings. The van der Waals surface area contributed by atoms with E-state index in [1.165, 1.54) is 6.92 Å². The molecular formula is C22H23N3O3. The zero-order valence-electron chi connectivity index (χ0n) is 16.0. The average Bonchev–Trinajstić information content (AvgIpc) is 3.29. The SMILES string of the molecule is COc1ccc2[nH]cc(CCNC(=O)[C@@H]3Cc4ccccc4N3C(C)=O)c2c1. The number of nitrogens with one attached hydrogen (secondary N) is 2. The molecule has 1 atom stereocenters. The Morgan fingerprint density at radius 3 is 2.86 bits per heavy atom. The van der Waals surface area contributed by atoms with E-state index in [9.17, 15) is 9.59 Å². The number of H-pyrrole nitrogens is 1. The molecule has 0 saturated heterocycles. The number of methoxy groups -OCH3 is 1. The zero-order valence-corrected chi connectivity index (χ0v) is 16.0. The molecule has 28 heavy (non-hydrogen) atoms. The summed E-state index contributed by atoms with van der Waals surface area (Å²) in [6.07, 6.45) is 3.20. The molecule has 0 saturated carbocycles. The van der Waals surface area contributed by atoms with E-state index in [-0.39, 0.29) is 11.8 Å². The van der Waals surface area contributed by atoms with Crippen LogP contribution in [0.15, 0.2) is 48.7 Å². The summed E-state index contributed by atoms with van der Waals surface area (Å²) in [4.78, 5) is 29.8. The number of carbonyl (C=O) groups excluding carboxylic acids is 2. The number of aromatic nitrogens is 1. The molecular weight excluding hydrogens is 354 g/mol. The van der Waals surface area contributed by atoms with E-state index in [2.05, 4.69) is 10.3 Å². The van der Waals surface area contributed by atoms with Crippen molar-refractivity contribution < 1.29 is 14.3 Å². The molecule has 2 N–H and O–H groups in total. The molecule has 2 amide bonds. The van der Waals surface area contributed by atoms with Crippen LogP contribution in [0.5, 0.6) is 5.75 Å². The summed E-state index contributed by atoms with van der Waals surface area (Å²) in [6, 6.07) is 13.1. The number of hydrogen-bond acceptors (Lipinski definition) is 3. The summed E-state index contributed by atoms with van der Waals surface area (Å²) in [6.45, 7) is 2.00. The van der Waals surface area contributed by atoms with Crippen LogP contribution in [0.2, 0.25) is 0 Å². The molecule has 0 aliphatic carbocycles. The Labute approximate surface area is 163 Å². The number of hydrogen-bond donors (Lipinski definition) is 2. The molecule has 0 fully saturated rings. The molecule has 1 aliphatic heterocycles. The molecule has 6 nitrogen and oxygen atoms in total. The molecule has 1 aromatic heterocycles. The van der Waals surface area contributed by atoms with Crippen LogP contribution in [0, 0.1) is 0 Å². The molecule has 2 heterocycles. The van der Waals surface area contributed by atoms with Crippen molar-refractivity contribution in [1.82, 2.24) is 10.3 Å². The number of ether oxygens (including phenoxy) is 1. The predicted molar refractivity (Wildman–Crippen MR) is 109 cm³/mol. The second kappa shape index (κ2) is 7.38. The predicted octanol–water partition coefficient (Wildman–Crippen LogP) is 2.81. The van der Waals surface area contributed by atoms with Crippen LogP contribution in [-0.2, 0) is 22.4 Å². The van der Waals surface area contributed by atoms with Gasteiger partial charge in [-0.25, -0.2) is 0 Å². The van der Waals surface area contributed by atoms with Crippen LogP contribution in [0.4, 0.5) is 5.69 Å². The van der Waals surface area contributed by atoms with E-state index < -0.39 is 6.04 Å². The summed E-state index contributed by atoms with van der Waals surface area (Å²) in [5, 5.41) is 4.09. The van der Waals surface area contributed by atoms with Crippen molar-refractivity contribution in [2.75, 3.05) is 18.6 Å². The first-order valence-electron chi connectivity index (χ1n) is 9.38. The Bertz CT molecular complexity index is 1040. The fourth-order valence-electron chi connectivity index (χ4n) is 3.91. The maximum Gasteiger partial charge on any atom is 0.243 e. The third-order valence-electron chi connectivity index (χ3n) is 5.29. The van der Waals surface area contributed by atoms with Crippen molar-refractivity contribution in [3.05, 3.63) is 59.8 Å². The number of aromatic amines is 1. The van der Waals surface area contributed by atoms with Crippen molar-refractivity contribution in [3.8, 4) is 5.75 Å². The minimum absolute atomic E-state index is 0.117. The van der Waals surface area contributed by atoms with Gasteiger partial charge < -0.3 is 15.0 Å². The van der Waals surface area contributed by atoms with Gasteiger partial charge in [0.2, 0.25) is 11.8 Å². The quantitative estimate of drug-likeness (QED) is 0.718. The van der Waals surface area contributed by atoms with E-state index >= 15 is 0 Å². The van der Waals surface area contributed by atoms with Crippen molar-refractivity contribution in [2.24, 2.45) is 0 Å². The minimum Gasteiger partial charge on any atom is -0.497 e. The molecule has 0 spiro atoms. The molecule has 2 aromatic carbocycles. The molecule has 4 rings (SSSR count). The Balaban J connectivity index is 1.43. The smallest absolute Gasteiger partial charge is 0.243 e. The van der Waals surface area contributed by atoms with Crippen LogP contribution >= 0.6 is 0 Å². The Morgan fingerprint density at radius 2 is 2.07 bits per heavy atom. The monoisotopic (exact) mass is 377 g/mol. The highest BCUT2D eigenvalue weighted by molar-refractivity contribution is 6.02. The standard InChI is InChI=1S/C22H23N3O3/c1-14(26)25-20-6-4-3-5-15(20)11-21(25)22(27)23-10-9-16-13-24-19-8-7-17(28-2)12-18(16)19/h3-8,12-13,21,24H,9-11H2,1-2H3,(H,23,27)/t21-/m0/s1. The molecule has 6 heteroatoms. The lowest BCUT2D eigenvalue weighted by Crippen LogP contribution is -2.47.